The molecule has 2 heterocycles. The van der Waals surface area contributed by atoms with E-state index in [-0.39, 0.29) is 11.3 Å². The van der Waals surface area contributed by atoms with Crippen LogP contribution in [-0.2, 0) is 17.8 Å². The SMILES string of the molecule is CCC1(C(N)=O)CCCN(Cc2ccc3c(c2)CCO3)C1. The van der Waals surface area contributed by atoms with Gasteiger partial charge in [0.1, 0.15) is 5.75 Å². The Morgan fingerprint density at radius 3 is 3.10 bits per heavy atom. The van der Waals surface area contributed by atoms with Crippen molar-refractivity contribution in [1.82, 2.24) is 4.90 Å². The highest BCUT2D eigenvalue weighted by atomic mass is 16.5. The average molecular weight is 288 g/mol. The van der Waals surface area contributed by atoms with Crippen molar-refractivity contribution >= 4 is 5.91 Å². The van der Waals surface area contributed by atoms with Crippen LogP contribution in [-0.4, -0.2) is 30.5 Å². The lowest BCUT2D eigenvalue weighted by molar-refractivity contribution is -0.131. The summed E-state index contributed by atoms with van der Waals surface area (Å²) in [6.45, 7) is 5.58. The second kappa shape index (κ2) is 5.68. The fraction of sp³-hybridized carbons (Fsp3) is 0.588. The number of nitrogens with two attached hydrogens (primary N) is 1. The van der Waals surface area contributed by atoms with Gasteiger partial charge in [0, 0.05) is 19.5 Å². The first-order valence-electron chi connectivity index (χ1n) is 7.90. The molecule has 1 amide bonds. The van der Waals surface area contributed by atoms with E-state index >= 15 is 0 Å². The topological polar surface area (TPSA) is 55.6 Å². The number of hydrogen-bond acceptors (Lipinski definition) is 3. The quantitative estimate of drug-likeness (QED) is 0.923. The fourth-order valence-corrected chi connectivity index (χ4v) is 3.62. The molecule has 0 saturated carbocycles. The van der Waals surface area contributed by atoms with Crippen molar-refractivity contribution < 1.29 is 9.53 Å². The monoisotopic (exact) mass is 288 g/mol. The van der Waals surface area contributed by atoms with E-state index < -0.39 is 0 Å². The number of fused-ring (bicyclic) bond motifs is 1. The maximum atomic E-state index is 11.8. The molecule has 2 N–H and O–H groups in total. The number of carbonyl (C=O) groups excluding carboxylic acids is 1. The summed E-state index contributed by atoms with van der Waals surface area (Å²) < 4.78 is 5.55. The smallest absolute Gasteiger partial charge is 0.224 e. The summed E-state index contributed by atoms with van der Waals surface area (Å²) in [6.07, 6.45) is 3.80. The highest BCUT2D eigenvalue weighted by Gasteiger charge is 2.39. The number of likely N-dealkylation sites (tertiary alicyclic amines) is 1. The number of nitrogens with zero attached hydrogens (tertiary/aromatic N) is 1. The third-order valence-corrected chi connectivity index (χ3v) is 5.02. The van der Waals surface area contributed by atoms with Gasteiger partial charge in [-0.25, -0.2) is 0 Å². The van der Waals surface area contributed by atoms with E-state index in [2.05, 4.69) is 30.0 Å². The first kappa shape index (κ1) is 14.4. The minimum absolute atomic E-state index is 0.142. The molecule has 1 atom stereocenters. The summed E-state index contributed by atoms with van der Waals surface area (Å²) in [5, 5.41) is 0. The van der Waals surface area contributed by atoms with Gasteiger partial charge < -0.3 is 10.5 Å². The number of hydrogen-bond donors (Lipinski definition) is 1. The van der Waals surface area contributed by atoms with Gasteiger partial charge in [-0.15, -0.1) is 0 Å². The molecule has 114 valence electrons. The zero-order chi connectivity index (χ0) is 14.9. The van der Waals surface area contributed by atoms with Gasteiger partial charge >= 0.3 is 0 Å². The van der Waals surface area contributed by atoms with Crippen LogP contribution in [0.3, 0.4) is 0 Å². The summed E-state index contributed by atoms with van der Waals surface area (Å²) in [4.78, 5) is 14.2. The second-order valence-corrected chi connectivity index (χ2v) is 6.35. The molecule has 1 fully saturated rings. The van der Waals surface area contributed by atoms with Gasteiger partial charge in [-0.05, 0) is 43.0 Å². The lowest BCUT2D eigenvalue weighted by atomic mass is 9.77. The molecule has 4 nitrogen and oxygen atoms in total. The largest absolute Gasteiger partial charge is 0.493 e. The zero-order valence-electron chi connectivity index (χ0n) is 12.7. The molecular formula is C17H24N2O2. The number of rotatable bonds is 4. The number of piperidine rings is 1. The molecule has 1 aromatic rings. The highest BCUT2D eigenvalue weighted by molar-refractivity contribution is 5.81. The van der Waals surface area contributed by atoms with Crippen LogP contribution in [0.2, 0.25) is 0 Å². The van der Waals surface area contributed by atoms with Crippen LogP contribution in [0, 0.1) is 5.41 Å². The average Bonchev–Trinajstić information content (AvgIpc) is 2.94. The van der Waals surface area contributed by atoms with E-state index in [1.54, 1.807) is 0 Å². The van der Waals surface area contributed by atoms with E-state index in [1.165, 1.54) is 11.1 Å². The normalized spacial score (nSPS) is 25.4. The number of primary amides is 1. The Hall–Kier alpha value is -1.55. The van der Waals surface area contributed by atoms with Crippen LogP contribution in [0.1, 0.15) is 37.3 Å². The van der Waals surface area contributed by atoms with E-state index in [4.69, 9.17) is 10.5 Å². The number of carbonyl (C=O) groups is 1. The first-order valence-corrected chi connectivity index (χ1v) is 7.90. The van der Waals surface area contributed by atoms with E-state index in [9.17, 15) is 4.79 Å². The van der Waals surface area contributed by atoms with Crippen LogP contribution >= 0.6 is 0 Å². The molecular weight excluding hydrogens is 264 g/mol. The van der Waals surface area contributed by atoms with Gasteiger partial charge in [0.2, 0.25) is 5.91 Å². The summed E-state index contributed by atoms with van der Waals surface area (Å²) in [6, 6.07) is 6.45. The Balaban J connectivity index is 1.71. The molecule has 3 rings (SSSR count). The van der Waals surface area contributed by atoms with Gasteiger partial charge in [-0.3, -0.25) is 9.69 Å². The summed E-state index contributed by atoms with van der Waals surface area (Å²) >= 11 is 0. The standard InChI is InChI=1S/C17H24N2O2/c1-2-17(16(18)20)7-3-8-19(12-17)11-13-4-5-15-14(10-13)6-9-21-15/h4-5,10H,2-3,6-9,11-12H2,1H3,(H2,18,20). The Morgan fingerprint density at radius 2 is 2.33 bits per heavy atom. The predicted molar refractivity (Wildman–Crippen MR) is 82.1 cm³/mol. The Kier molecular flexibility index (Phi) is 3.89. The maximum absolute atomic E-state index is 11.8. The number of amides is 1. The third kappa shape index (κ3) is 2.77. The lowest BCUT2D eigenvalue weighted by Crippen LogP contribution is -2.49. The van der Waals surface area contributed by atoms with Crippen LogP contribution in [0.4, 0.5) is 0 Å². The molecule has 2 aliphatic heterocycles. The molecule has 4 heteroatoms. The van der Waals surface area contributed by atoms with Crippen LogP contribution in [0.15, 0.2) is 18.2 Å². The molecule has 0 spiro atoms. The predicted octanol–water partition coefficient (Wildman–Crippen LogP) is 2.10. The Labute approximate surface area is 126 Å². The van der Waals surface area contributed by atoms with E-state index in [1.807, 2.05) is 0 Å². The van der Waals surface area contributed by atoms with E-state index in [0.717, 1.165) is 57.7 Å². The van der Waals surface area contributed by atoms with Crippen molar-refractivity contribution in [3.05, 3.63) is 29.3 Å². The summed E-state index contributed by atoms with van der Waals surface area (Å²) in [7, 11) is 0. The zero-order valence-corrected chi connectivity index (χ0v) is 12.7. The van der Waals surface area contributed by atoms with Crippen molar-refractivity contribution in [2.45, 2.75) is 39.2 Å². The Morgan fingerprint density at radius 1 is 1.48 bits per heavy atom. The van der Waals surface area contributed by atoms with Crippen molar-refractivity contribution in [3.63, 3.8) is 0 Å². The Bertz CT molecular complexity index is 544. The van der Waals surface area contributed by atoms with Gasteiger partial charge in [0.25, 0.3) is 0 Å². The molecule has 21 heavy (non-hydrogen) atoms. The molecule has 0 radical (unpaired) electrons. The molecule has 0 aliphatic carbocycles. The number of ether oxygens (including phenoxy) is 1. The van der Waals surface area contributed by atoms with E-state index in [0.29, 0.717) is 0 Å². The van der Waals surface area contributed by atoms with Crippen LogP contribution in [0.25, 0.3) is 0 Å². The lowest BCUT2D eigenvalue weighted by Gasteiger charge is -2.40. The summed E-state index contributed by atoms with van der Waals surface area (Å²) in [5.41, 5.74) is 7.93. The molecule has 0 bridgehead atoms. The molecule has 1 saturated heterocycles. The fourth-order valence-electron chi connectivity index (χ4n) is 3.62. The van der Waals surface area contributed by atoms with Gasteiger partial charge in [-0.1, -0.05) is 19.1 Å². The summed E-state index contributed by atoms with van der Waals surface area (Å²) in [5.74, 6) is 0.884. The molecule has 2 aliphatic rings. The highest BCUT2D eigenvalue weighted by Crippen LogP contribution is 2.34. The van der Waals surface area contributed by atoms with Crippen molar-refractivity contribution in [1.29, 1.82) is 0 Å². The molecule has 0 aromatic heterocycles. The van der Waals surface area contributed by atoms with Gasteiger partial charge in [0.15, 0.2) is 0 Å². The van der Waals surface area contributed by atoms with Crippen LogP contribution < -0.4 is 10.5 Å². The first-order chi connectivity index (χ1) is 10.1. The minimum atomic E-state index is -0.335. The van der Waals surface area contributed by atoms with Gasteiger partial charge in [0.05, 0.1) is 12.0 Å². The second-order valence-electron chi connectivity index (χ2n) is 6.35. The van der Waals surface area contributed by atoms with Crippen molar-refractivity contribution in [3.8, 4) is 5.75 Å². The van der Waals surface area contributed by atoms with Crippen molar-refractivity contribution in [2.24, 2.45) is 11.1 Å². The maximum Gasteiger partial charge on any atom is 0.224 e. The minimum Gasteiger partial charge on any atom is -0.493 e. The number of benzene rings is 1. The van der Waals surface area contributed by atoms with Crippen LogP contribution in [0.5, 0.6) is 5.75 Å². The molecule has 1 unspecified atom stereocenters. The van der Waals surface area contributed by atoms with Crippen molar-refractivity contribution in [2.75, 3.05) is 19.7 Å². The molecule has 1 aromatic carbocycles. The third-order valence-electron chi connectivity index (χ3n) is 5.02. The van der Waals surface area contributed by atoms with Gasteiger partial charge in [-0.2, -0.15) is 0 Å².